The second kappa shape index (κ2) is 5.05. The summed E-state index contributed by atoms with van der Waals surface area (Å²) < 4.78 is 0. The third-order valence-electron chi connectivity index (χ3n) is 3.02. The minimum Gasteiger partial charge on any atom is -0.478 e. The monoisotopic (exact) mass is 245 g/mol. The van der Waals surface area contributed by atoms with Gasteiger partial charge in [0.1, 0.15) is 5.82 Å². The van der Waals surface area contributed by atoms with Crippen LogP contribution in [0.4, 0.5) is 5.82 Å². The van der Waals surface area contributed by atoms with Gasteiger partial charge in [-0.25, -0.2) is 9.78 Å². The van der Waals surface area contributed by atoms with Crippen molar-refractivity contribution in [2.24, 2.45) is 0 Å². The number of carboxylic acid groups (broad SMARTS) is 1. The predicted octanol–water partition coefficient (Wildman–Crippen LogP) is 1.97. The lowest BCUT2D eigenvalue weighted by molar-refractivity contribution is 0.0696. The third kappa shape index (κ3) is 2.59. The van der Waals surface area contributed by atoms with Crippen molar-refractivity contribution in [3.63, 3.8) is 0 Å². The average molecular weight is 245 g/mol. The lowest BCUT2D eigenvalue weighted by Gasteiger charge is -2.24. The molecule has 0 aromatic carbocycles. The van der Waals surface area contributed by atoms with Gasteiger partial charge in [0.05, 0.1) is 18.1 Å². The average Bonchev–Trinajstić information content (AvgIpc) is 3.15. The lowest BCUT2D eigenvalue weighted by atomic mass is 10.2. The number of carboxylic acids is 1. The number of aryl methyl sites for hydroxylation is 1. The highest BCUT2D eigenvalue weighted by Gasteiger charge is 2.30. The number of nitrogens with zero attached hydrogens (tertiary/aromatic N) is 3. The van der Waals surface area contributed by atoms with Crippen LogP contribution in [0.3, 0.4) is 0 Å². The van der Waals surface area contributed by atoms with Crippen LogP contribution in [0.15, 0.2) is 12.3 Å². The number of rotatable bonds is 5. The molecule has 1 aromatic rings. The maximum Gasteiger partial charge on any atom is 0.337 e. The van der Waals surface area contributed by atoms with E-state index in [-0.39, 0.29) is 5.56 Å². The number of anilines is 1. The molecule has 0 bridgehead atoms. The summed E-state index contributed by atoms with van der Waals surface area (Å²) in [4.78, 5) is 17.2. The SMILES string of the molecule is Cc1cc(C(=O)O)cnc1N(CCC#N)C1CC1. The molecule has 0 amide bonds. The molecular formula is C13H15N3O2. The zero-order valence-electron chi connectivity index (χ0n) is 10.3. The van der Waals surface area contributed by atoms with Crippen molar-refractivity contribution in [3.8, 4) is 6.07 Å². The zero-order valence-corrected chi connectivity index (χ0v) is 10.3. The van der Waals surface area contributed by atoms with Crippen molar-refractivity contribution in [2.75, 3.05) is 11.4 Å². The Hall–Kier alpha value is -2.09. The minimum absolute atomic E-state index is 0.201. The van der Waals surface area contributed by atoms with Gasteiger partial charge in [0, 0.05) is 18.8 Å². The Morgan fingerprint density at radius 1 is 1.67 bits per heavy atom. The molecule has 18 heavy (non-hydrogen) atoms. The molecule has 5 nitrogen and oxygen atoms in total. The molecule has 2 rings (SSSR count). The van der Waals surface area contributed by atoms with Gasteiger partial charge in [-0.1, -0.05) is 0 Å². The van der Waals surface area contributed by atoms with Crippen LogP contribution in [0.1, 0.15) is 35.2 Å². The Labute approximate surface area is 106 Å². The minimum atomic E-state index is -0.966. The zero-order chi connectivity index (χ0) is 13.1. The first-order valence-electron chi connectivity index (χ1n) is 5.97. The first-order valence-corrected chi connectivity index (χ1v) is 5.97. The molecule has 1 saturated carbocycles. The van der Waals surface area contributed by atoms with Crippen LogP contribution in [-0.2, 0) is 0 Å². The Morgan fingerprint density at radius 3 is 2.89 bits per heavy atom. The fraction of sp³-hybridized carbons (Fsp3) is 0.462. The van der Waals surface area contributed by atoms with Crippen LogP contribution in [0.25, 0.3) is 0 Å². The van der Waals surface area contributed by atoms with Crippen LogP contribution in [0, 0.1) is 18.3 Å². The maximum absolute atomic E-state index is 10.9. The highest BCUT2D eigenvalue weighted by atomic mass is 16.4. The molecule has 1 N–H and O–H groups in total. The molecule has 94 valence electrons. The van der Waals surface area contributed by atoms with Crippen LogP contribution >= 0.6 is 0 Å². The summed E-state index contributed by atoms with van der Waals surface area (Å²) in [7, 11) is 0. The number of carbonyl (C=O) groups is 1. The Morgan fingerprint density at radius 2 is 2.39 bits per heavy atom. The molecule has 0 aliphatic heterocycles. The number of pyridine rings is 1. The fourth-order valence-electron chi connectivity index (χ4n) is 2.00. The van der Waals surface area contributed by atoms with Crippen LogP contribution in [-0.4, -0.2) is 28.6 Å². The summed E-state index contributed by atoms with van der Waals surface area (Å²) in [6.07, 6.45) is 4.07. The fourth-order valence-corrected chi connectivity index (χ4v) is 2.00. The van der Waals surface area contributed by atoms with E-state index in [9.17, 15) is 4.79 Å². The summed E-state index contributed by atoms with van der Waals surface area (Å²) in [5, 5.41) is 17.6. The van der Waals surface area contributed by atoms with Crippen LogP contribution in [0.2, 0.25) is 0 Å². The van der Waals surface area contributed by atoms with Gasteiger partial charge < -0.3 is 10.0 Å². The molecular weight excluding hydrogens is 230 g/mol. The number of hydrogen-bond donors (Lipinski definition) is 1. The summed E-state index contributed by atoms with van der Waals surface area (Å²) in [5.41, 5.74) is 1.05. The third-order valence-corrected chi connectivity index (χ3v) is 3.02. The molecule has 0 spiro atoms. The number of hydrogen-bond acceptors (Lipinski definition) is 4. The van der Waals surface area contributed by atoms with E-state index in [0.29, 0.717) is 19.0 Å². The maximum atomic E-state index is 10.9. The van der Waals surface area contributed by atoms with Gasteiger partial charge in [-0.15, -0.1) is 0 Å². The van der Waals surface area contributed by atoms with Crippen molar-refractivity contribution in [1.82, 2.24) is 4.98 Å². The van der Waals surface area contributed by atoms with Crippen LogP contribution < -0.4 is 4.90 Å². The van der Waals surface area contributed by atoms with E-state index in [1.54, 1.807) is 6.07 Å². The van der Waals surface area contributed by atoms with Gasteiger partial charge >= 0.3 is 5.97 Å². The molecule has 5 heteroatoms. The van der Waals surface area contributed by atoms with Crippen LogP contribution in [0.5, 0.6) is 0 Å². The second-order valence-corrected chi connectivity index (χ2v) is 4.50. The van der Waals surface area contributed by atoms with Crippen molar-refractivity contribution in [1.29, 1.82) is 5.26 Å². The number of aromatic carboxylic acids is 1. The summed E-state index contributed by atoms with van der Waals surface area (Å²) in [6, 6.07) is 4.23. The van der Waals surface area contributed by atoms with Gasteiger partial charge in [-0.2, -0.15) is 5.26 Å². The molecule has 0 radical (unpaired) electrons. The van der Waals surface area contributed by atoms with Crippen molar-refractivity contribution in [3.05, 3.63) is 23.4 Å². The van der Waals surface area contributed by atoms with E-state index < -0.39 is 5.97 Å². The smallest absolute Gasteiger partial charge is 0.337 e. The Kier molecular flexibility index (Phi) is 3.47. The Balaban J connectivity index is 2.25. The molecule has 1 aliphatic rings. The topological polar surface area (TPSA) is 77.2 Å². The molecule has 0 saturated heterocycles. The van der Waals surface area contributed by atoms with E-state index in [2.05, 4.69) is 16.0 Å². The number of aromatic nitrogens is 1. The quantitative estimate of drug-likeness (QED) is 0.858. The van der Waals surface area contributed by atoms with Gasteiger partial charge in [0.15, 0.2) is 0 Å². The van der Waals surface area contributed by atoms with E-state index >= 15 is 0 Å². The number of nitriles is 1. The highest BCUT2D eigenvalue weighted by molar-refractivity contribution is 5.87. The summed E-state index contributed by atoms with van der Waals surface area (Å²) in [6.45, 7) is 2.51. The van der Waals surface area contributed by atoms with E-state index in [0.717, 1.165) is 24.2 Å². The summed E-state index contributed by atoms with van der Waals surface area (Å²) >= 11 is 0. The normalized spacial score (nSPS) is 14.0. The van der Waals surface area contributed by atoms with Gasteiger partial charge in [-0.3, -0.25) is 0 Å². The van der Waals surface area contributed by atoms with Gasteiger partial charge in [0.25, 0.3) is 0 Å². The standard InChI is InChI=1S/C13H15N3O2/c1-9-7-10(13(17)18)8-15-12(9)16(6-2-5-14)11-3-4-11/h7-8,11H,2-4,6H2,1H3,(H,17,18). The van der Waals surface area contributed by atoms with Gasteiger partial charge in [0.2, 0.25) is 0 Å². The van der Waals surface area contributed by atoms with E-state index in [1.807, 2.05) is 6.92 Å². The second-order valence-electron chi connectivity index (χ2n) is 4.50. The Bertz CT molecular complexity index is 503. The van der Waals surface area contributed by atoms with Crippen molar-refractivity contribution < 1.29 is 9.90 Å². The summed E-state index contributed by atoms with van der Waals surface area (Å²) in [5.74, 6) is -0.162. The largest absolute Gasteiger partial charge is 0.478 e. The molecule has 1 heterocycles. The van der Waals surface area contributed by atoms with Crippen molar-refractivity contribution >= 4 is 11.8 Å². The van der Waals surface area contributed by atoms with Crippen molar-refractivity contribution in [2.45, 2.75) is 32.2 Å². The molecule has 1 aliphatic carbocycles. The first kappa shape index (κ1) is 12.4. The predicted molar refractivity (Wildman–Crippen MR) is 66.5 cm³/mol. The van der Waals surface area contributed by atoms with E-state index in [4.69, 9.17) is 10.4 Å². The highest BCUT2D eigenvalue weighted by Crippen LogP contribution is 2.32. The molecule has 1 fully saturated rings. The lowest BCUT2D eigenvalue weighted by Crippen LogP contribution is -2.28. The van der Waals surface area contributed by atoms with E-state index in [1.165, 1.54) is 6.20 Å². The molecule has 0 atom stereocenters. The van der Waals surface area contributed by atoms with Gasteiger partial charge in [-0.05, 0) is 31.4 Å². The first-order chi connectivity index (χ1) is 8.63. The molecule has 1 aromatic heterocycles. The molecule has 0 unspecified atom stereocenters.